The lowest BCUT2D eigenvalue weighted by molar-refractivity contribution is 0.419. The van der Waals surface area contributed by atoms with Crippen molar-refractivity contribution >= 4 is 28.4 Å². The fourth-order valence-corrected chi connectivity index (χ4v) is 5.21. The molecule has 2 N–H and O–H groups in total. The van der Waals surface area contributed by atoms with Gasteiger partial charge in [0, 0.05) is 72.7 Å². The zero-order valence-electron chi connectivity index (χ0n) is 19.6. The van der Waals surface area contributed by atoms with Crippen molar-refractivity contribution in [1.82, 2.24) is 25.0 Å². The van der Waals surface area contributed by atoms with Gasteiger partial charge in [0.1, 0.15) is 11.9 Å². The van der Waals surface area contributed by atoms with E-state index in [1.54, 1.807) is 12.5 Å². The number of fused-ring (bicyclic) bond motifs is 1. The molecule has 1 aliphatic carbocycles. The number of rotatable bonds is 6. The van der Waals surface area contributed by atoms with Crippen LogP contribution >= 0.6 is 0 Å². The summed E-state index contributed by atoms with van der Waals surface area (Å²) in [7, 11) is 0. The SMILES string of the molecule is O=c1c(Cc2cnoc2)cc2cnc(Nc3ccc(N4CCNCC4)cc3)nc2n1C1CCCC1. The Hall–Kier alpha value is -3.72. The predicted molar refractivity (Wildman–Crippen MR) is 135 cm³/mol. The maximum Gasteiger partial charge on any atom is 0.256 e. The molecular weight excluding hydrogens is 442 g/mol. The number of hydrogen-bond donors (Lipinski definition) is 2. The Morgan fingerprint density at radius 1 is 1.09 bits per heavy atom. The molecule has 4 aromatic rings. The highest BCUT2D eigenvalue weighted by molar-refractivity contribution is 5.77. The van der Waals surface area contributed by atoms with E-state index in [4.69, 9.17) is 9.51 Å². The summed E-state index contributed by atoms with van der Waals surface area (Å²) >= 11 is 0. The number of piperazine rings is 1. The molecule has 0 amide bonds. The molecule has 4 heterocycles. The third-order valence-electron chi connectivity index (χ3n) is 7.02. The number of aromatic nitrogens is 4. The van der Waals surface area contributed by atoms with E-state index < -0.39 is 0 Å². The van der Waals surface area contributed by atoms with Gasteiger partial charge < -0.3 is 20.1 Å². The summed E-state index contributed by atoms with van der Waals surface area (Å²) in [5.41, 5.74) is 4.42. The van der Waals surface area contributed by atoms with Crippen molar-refractivity contribution in [2.45, 2.75) is 38.1 Å². The Labute approximate surface area is 203 Å². The summed E-state index contributed by atoms with van der Waals surface area (Å²) in [6.45, 7) is 4.04. The smallest absolute Gasteiger partial charge is 0.256 e. The van der Waals surface area contributed by atoms with Crippen LogP contribution < -0.4 is 21.1 Å². The molecule has 0 atom stereocenters. The standard InChI is InChI=1S/C26H29N7O2/c34-25-19(13-18-15-29-35-17-18)14-20-16-28-26(31-24(20)33(25)23-3-1-2-4-23)30-21-5-7-22(8-6-21)32-11-9-27-10-12-32/h5-8,14-17,23,27H,1-4,9-13H2,(H,28,30,31). The normalized spacial score (nSPS) is 16.7. The summed E-state index contributed by atoms with van der Waals surface area (Å²) in [4.78, 5) is 25.3. The van der Waals surface area contributed by atoms with Crippen LogP contribution in [0.3, 0.4) is 0 Å². The van der Waals surface area contributed by atoms with Crippen LogP contribution in [0.5, 0.6) is 0 Å². The zero-order chi connectivity index (χ0) is 23.6. The van der Waals surface area contributed by atoms with Crippen LogP contribution in [0.4, 0.5) is 17.3 Å². The quantitative estimate of drug-likeness (QED) is 0.440. The highest BCUT2D eigenvalue weighted by Gasteiger charge is 2.23. The fourth-order valence-electron chi connectivity index (χ4n) is 5.21. The Morgan fingerprint density at radius 2 is 1.89 bits per heavy atom. The minimum atomic E-state index is 0.00984. The van der Waals surface area contributed by atoms with Gasteiger partial charge in [0.05, 0.1) is 6.20 Å². The van der Waals surface area contributed by atoms with Crippen LogP contribution in [0.1, 0.15) is 42.9 Å². The average Bonchev–Trinajstić information content (AvgIpc) is 3.61. The third-order valence-corrected chi connectivity index (χ3v) is 7.02. The molecule has 2 fully saturated rings. The van der Waals surface area contributed by atoms with Crippen molar-refractivity contribution in [2.75, 3.05) is 36.4 Å². The van der Waals surface area contributed by atoms with Crippen molar-refractivity contribution in [3.05, 3.63) is 70.5 Å². The molecule has 1 aromatic carbocycles. The molecule has 1 aliphatic heterocycles. The zero-order valence-corrected chi connectivity index (χ0v) is 19.6. The van der Waals surface area contributed by atoms with Crippen molar-refractivity contribution in [3.63, 3.8) is 0 Å². The average molecular weight is 472 g/mol. The Balaban J connectivity index is 1.32. The molecule has 35 heavy (non-hydrogen) atoms. The molecule has 2 aliphatic rings. The second-order valence-corrected chi connectivity index (χ2v) is 9.37. The lowest BCUT2D eigenvalue weighted by Gasteiger charge is -2.29. The summed E-state index contributed by atoms with van der Waals surface area (Å²) in [5.74, 6) is 0.491. The Kier molecular flexibility index (Phi) is 5.91. The van der Waals surface area contributed by atoms with Crippen molar-refractivity contribution < 1.29 is 4.52 Å². The molecule has 9 nitrogen and oxygen atoms in total. The lowest BCUT2D eigenvalue weighted by atomic mass is 10.1. The molecule has 1 saturated heterocycles. The monoisotopic (exact) mass is 471 g/mol. The molecule has 9 heteroatoms. The van der Waals surface area contributed by atoms with Gasteiger partial charge in [-0.15, -0.1) is 0 Å². The molecular formula is C26H29N7O2. The van der Waals surface area contributed by atoms with Gasteiger partial charge in [-0.2, -0.15) is 4.98 Å². The van der Waals surface area contributed by atoms with E-state index in [1.807, 2.05) is 16.8 Å². The highest BCUT2D eigenvalue weighted by atomic mass is 16.5. The molecule has 1 saturated carbocycles. The van der Waals surface area contributed by atoms with Crippen LogP contribution in [0.2, 0.25) is 0 Å². The van der Waals surface area contributed by atoms with Crippen LogP contribution in [-0.4, -0.2) is 45.9 Å². The largest absolute Gasteiger partial charge is 0.369 e. The third kappa shape index (κ3) is 4.51. The number of nitrogens with one attached hydrogen (secondary N) is 2. The van der Waals surface area contributed by atoms with Crippen LogP contribution in [-0.2, 0) is 6.42 Å². The van der Waals surface area contributed by atoms with Gasteiger partial charge in [-0.1, -0.05) is 18.0 Å². The molecule has 0 unspecified atom stereocenters. The van der Waals surface area contributed by atoms with Gasteiger partial charge in [-0.3, -0.25) is 9.36 Å². The number of pyridine rings is 1. The first-order chi connectivity index (χ1) is 17.2. The summed E-state index contributed by atoms with van der Waals surface area (Å²) in [6, 6.07) is 10.4. The summed E-state index contributed by atoms with van der Waals surface area (Å²) in [5, 5.41) is 11.3. The molecule has 0 radical (unpaired) electrons. The van der Waals surface area contributed by atoms with Crippen molar-refractivity contribution in [3.8, 4) is 0 Å². The minimum absolute atomic E-state index is 0.00984. The summed E-state index contributed by atoms with van der Waals surface area (Å²) < 4.78 is 6.86. The predicted octanol–water partition coefficient (Wildman–Crippen LogP) is 3.64. The highest BCUT2D eigenvalue weighted by Crippen LogP contribution is 2.31. The van der Waals surface area contributed by atoms with E-state index in [9.17, 15) is 4.79 Å². The lowest BCUT2D eigenvalue weighted by Crippen LogP contribution is -2.43. The van der Waals surface area contributed by atoms with E-state index in [1.165, 1.54) is 5.69 Å². The Morgan fingerprint density at radius 3 is 2.63 bits per heavy atom. The Bertz CT molecular complexity index is 1350. The van der Waals surface area contributed by atoms with E-state index >= 15 is 0 Å². The molecule has 6 rings (SSSR count). The second-order valence-electron chi connectivity index (χ2n) is 9.37. The number of anilines is 3. The van der Waals surface area contributed by atoms with Gasteiger partial charge in [0.25, 0.3) is 5.56 Å². The van der Waals surface area contributed by atoms with Crippen molar-refractivity contribution in [1.29, 1.82) is 0 Å². The molecule has 0 bridgehead atoms. The second kappa shape index (κ2) is 9.50. The number of nitrogens with zero attached hydrogens (tertiary/aromatic N) is 5. The fraction of sp³-hybridized carbons (Fsp3) is 0.385. The molecule has 3 aromatic heterocycles. The minimum Gasteiger partial charge on any atom is -0.369 e. The van der Waals surface area contributed by atoms with E-state index in [2.05, 4.69) is 49.9 Å². The number of benzene rings is 1. The van der Waals surface area contributed by atoms with Crippen LogP contribution in [0, 0.1) is 0 Å². The molecule has 0 spiro atoms. The van der Waals surface area contributed by atoms with Gasteiger partial charge >= 0.3 is 0 Å². The van der Waals surface area contributed by atoms with E-state index in [0.29, 0.717) is 23.6 Å². The first-order valence-corrected chi connectivity index (χ1v) is 12.4. The van der Waals surface area contributed by atoms with Crippen LogP contribution in [0.25, 0.3) is 11.0 Å². The first kappa shape index (κ1) is 21.8. The van der Waals surface area contributed by atoms with E-state index in [-0.39, 0.29) is 11.6 Å². The van der Waals surface area contributed by atoms with Gasteiger partial charge in [0.2, 0.25) is 5.95 Å². The maximum atomic E-state index is 13.6. The van der Waals surface area contributed by atoms with Gasteiger partial charge in [-0.05, 0) is 43.2 Å². The molecule has 180 valence electrons. The van der Waals surface area contributed by atoms with E-state index in [0.717, 1.165) is 68.5 Å². The maximum absolute atomic E-state index is 13.6. The number of hydrogen-bond acceptors (Lipinski definition) is 8. The first-order valence-electron chi connectivity index (χ1n) is 12.4. The van der Waals surface area contributed by atoms with Crippen molar-refractivity contribution in [2.24, 2.45) is 0 Å². The topological polar surface area (TPSA) is 101 Å². The summed E-state index contributed by atoms with van der Waals surface area (Å²) in [6.07, 6.45) is 9.76. The van der Waals surface area contributed by atoms with Crippen LogP contribution in [0.15, 0.2) is 58.3 Å². The van der Waals surface area contributed by atoms with Gasteiger partial charge in [0.15, 0.2) is 0 Å². The van der Waals surface area contributed by atoms with Gasteiger partial charge in [-0.25, -0.2) is 4.98 Å².